The largest absolute Gasteiger partial charge is 0.442 e. The molecule has 3 rings (SSSR count). The molecule has 2 aromatic heterocycles. The maximum Gasteiger partial charge on any atom is 0.435 e. The van der Waals surface area contributed by atoms with Gasteiger partial charge in [0.25, 0.3) is 0 Å². The third-order valence-corrected chi connectivity index (χ3v) is 5.82. The molecule has 0 aliphatic rings. The molecular weight excluding hydrogens is 446 g/mol. The second-order valence-electron chi connectivity index (χ2n) is 8.74. The van der Waals surface area contributed by atoms with E-state index in [1.807, 2.05) is 88.4 Å². The summed E-state index contributed by atoms with van der Waals surface area (Å²) >= 11 is 1.58. The number of hydrogen-bond acceptors (Lipinski definition) is 6. The molecule has 0 aliphatic heterocycles. The normalized spacial score (nSPS) is 12.4. The van der Waals surface area contributed by atoms with Crippen LogP contribution in [0.15, 0.2) is 67.3 Å². The predicted molar refractivity (Wildman–Crippen MR) is 140 cm³/mol. The van der Waals surface area contributed by atoms with E-state index in [2.05, 4.69) is 17.0 Å². The Morgan fingerprint density at radius 1 is 1.24 bits per heavy atom. The molecule has 0 radical (unpaired) electrons. The molecule has 0 saturated heterocycles. The standard InChI is InChI=1S/C27H33N3O3S/c1-6-8-15-22(28-16-9-7-2)24-25-23(30(29-24)26(31)33-27(3,4)5)17-21(34-25)19-32-18-20-13-11-10-12-14-20/h6-7,9-15,17,28H,1,8,16,18-19H2,2-5H3/b9-7+,22-15-. The van der Waals surface area contributed by atoms with Gasteiger partial charge >= 0.3 is 6.09 Å². The molecular formula is C27H33N3O3S. The molecule has 0 unspecified atom stereocenters. The Kier molecular flexibility index (Phi) is 8.85. The number of ether oxygens (including phenoxy) is 2. The summed E-state index contributed by atoms with van der Waals surface area (Å²) in [6.07, 6.45) is 8.05. The van der Waals surface area contributed by atoms with E-state index < -0.39 is 11.7 Å². The maximum absolute atomic E-state index is 13.0. The van der Waals surface area contributed by atoms with Crippen LogP contribution in [-0.2, 0) is 22.7 Å². The first kappa shape index (κ1) is 25.5. The van der Waals surface area contributed by atoms with Crippen LogP contribution in [0.3, 0.4) is 0 Å². The van der Waals surface area contributed by atoms with E-state index in [0.29, 0.717) is 37.4 Å². The van der Waals surface area contributed by atoms with Gasteiger partial charge in [0.1, 0.15) is 11.3 Å². The van der Waals surface area contributed by atoms with Gasteiger partial charge in [0.2, 0.25) is 0 Å². The van der Waals surface area contributed by atoms with Gasteiger partial charge < -0.3 is 14.8 Å². The highest BCUT2D eigenvalue weighted by molar-refractivity contribution is 7.19. The number of carbonyl (C=O) groups excluding carboxylic acids is 1. The average molecular weight is 480 g/mol. The number of hydrogen-bond donors (Lipinski definition) is 1. The topological polar surface area (TPSA) is 65.4 Å². The van der Waals surface area contributed by atoms with Crippen molar-refractivity contribution in [3.63, 3.8) is 0 Å². The molecule has 180 valence electrons. The fourth-order valence-electron chi connectivity index (χ4n) is 3.23. The summed E-state index contributed by atoms with van der Waals surface area (Å²) in [5, 5.41) is 8.07. The minimum atomic E-state index is -0.626. The Labute approximate surface area is 205 Å². The van der Waals surface area contributed by atoms with Gasteiger partial charge in [-0.25, -0.2) is 4.79 Å². The van der Waals surface area contributed by atoms with Gasteiger partial charge in [-0.1, -0.05) is 54.6 Å². The molecule has 0 aliphatic carbocycles. The zero-order valence-corrected chi connectivity index (χ0v) is 21.2. The molecule has 6 nitrogen and oxygen atoms in total. The quantitative estimate of drug-likeness (QED) is 0.329. The smallest absolute Gasteiger partial charge is 0.435 e. The SMILES string of the molecule is C=CC/C=C(\NC/C=C/C)c1nn(C(=O)OC(C)(C)C)c2cc(COCc3ccccc3)sc12. The summed E-state index contributed by atoms with van der Waals surface area (Å²) in [7, 11) is 0. The van der Waals surface area contributed by atoms with Crippen molar-refractivity contribution in [1.29, 1.82) is 0 Å². The van der Waals surface area contributed by atoms with Crippen LogP contribution in [0.2, 0.25) is 0 Å². The van der Waals surface area contributed by atoms with Gasteiger partial charge in [-0.05, 0) is 45.7 Å². The molecule has 34 heavy (non-hydrogen) atoms. The Hall–Kier alpha value is -3.16. The first-order valence-electron chi connectivity index (χ1n) is 11.3. The average Bonchev–Trinajstić information content (AvgIpc) is 3.35. The number of rotatable bonds is 10. The minimum Gasteiger partial charge on any atom is -0.442 e. The lowest BCUT2D eigenvalue weighted by Crippen LogP contribution is -2.27. The Morgan fingerprint density at radius 2 is 2.00 bits per heavy atom. The Bertz CT molecular complexity index is 1170. The Morgan fingerprint density at radius 3 is 2.68 bits per heavy atom. The number of nitrogens with zero attached hydrogens (tertiary/aromatic N) is 2. The fraction of sp³-hybridized carbons (Fsp3) is 0.333. The molecule has 0 saturated carbocycles. The third kappa shape index (κ3) is 6.92. The maximum atomic E-state index is 13.0. The molecule has 1 N–H and O–H groups in total. The van der Waals surface area contributed by atoms with Crippen LogP contribution < -0.4 is 5.32 Å². The highest BCUT2D eigenvalue weighted by atomic mass is 32.1. The van der Waals surface area contributed by atoms with Crippen molar-refractivity contribution < 1.29 is 14.3 Å². The summed E-state index contributed by atoms with van der Waals surface area (Å²) < 4.78 is 13.8. The number of benzene rings is 1. The van der Waals surface area contributed by atoms with Crippen LogP contribution in [0.5, 0.6) is 0 Å². The van der Waals surface area contributed by atoms with Crippen LogP contribution in [0, 0.1) is 0 Å². The van der Waals surface area contributed by atoms with E-state index in [-0.39, 0.29) is 0 Å². The van der Waals surface area contributed by atoms with Gasteiger partial charge in [-0.2, -0.15) is 9.78 Å². The second-order valence-corrected chi connectivity index (χ2v) is 9.88. The van der Waals surface area contributed by atoms with E-state index in [4.69, 9.17) is 9.47 Å². The van der Waals surface area contributed by atoms with Gasteiger partial charge in [0.15, 0.2) is 0 Å². The van der Waals surface area contributed by atoms with E-state index >= 15 is 0 Å². The highest BCUT2D eigenvalue weighted by Gasteiger charge is 2.25. The van der Waals surface area contributed by atoms with Gasteiger partial charge in [-0.3, -0.25) is 0 Å². The lowest BCUT2D eigenvalue weighted by atomic mass is 10.2. The van der Waals surface area contributed by atoms with E-state index in [0.717, 1.165) is 20.8 Å². The summed E-state index contributed by atoms with van der Waals surface area (Å²) in [6, 6.07) is 12.0. The van der Waals surface area contributed by atoms with E-state index in [9.17, 15) is 4.79 Å². The number of carbonyl (C=O) groups is 1. The highest BCUT2D eigenvalue weighted by Crippen LogP contribution is 2.33. The zero-order valence-electron chi connectivity index (χ0n) is 20.3. The number of nitrogens with one attached hydrogen (secondary N) is 1. The molecule has 7 heteroatoms. The van der Waals surface area contributed by atoms with Crippen LogP contribution in [0.25, 0.3) is 15.9 Å². The molecule has 0 spiro atoms. The molecule has 0 atom stereocenters. The molecule has 1 aromatic carbocycles. The van der Waals surface area contributed by atoms with Gasteiger partial charge in [-0.15, -0.1) is 17.9 Å². The van der Waals surface area contributed by atoms with Crippen LogP contribution in [0.4, 0.5) is 4.79 Å². The summed E-state index contributed by atoms with van der Waals surface area (Å²) in [6.45, 7) is 13.0. The Balaban J connectivity index is 1.95. The first-order valence-corrected chi connectivity index (χ1v) is 12.2. The summed E-state index contributed by atoms with van der Waals surface area (Å²) in [5.74, 6) is 0. The van der Waals surface area contributed by atoms with Crippen molar-refractivity contribution in [3.8, 4) is 0 Å². The first-order chi connectivity index (χ1) is 16.3. The van der Waals surface area contributed by atoms with Gasteiger partial charge in [0.05, 0.1) is 29.1 Å². The number of fused-ring (bicyclic) bond motifs is 1. The lowest BCUT2D eigenvalue weighted by Gasteiger charge is -2.19. The van der Waals surface area contributed by atoms with E-state index in [1.54, 1.807) is 11.3 Å². The molecule has 0 fully saturated rings. The lowest BCUT2D eigenvalue weighted by molar-refractivity contribution is 0.0522. The molecule has 3 aromatic rings. The number of allylic oxidation sites excluding steroid dienone is 3. The zero-order chi connectivity index (χ0) is 24.6. The van der Waals surface area contributed by atoms with E-state index in [1.165, 1.54) is 4.68 Å². The summed E-state index contributed by atoms with van der Waals surface area (Å²) in [4.78, 5) is 14.0. The van der Waals surface area contributed by atoms with Crippen molar-refractivity contribution in [3.05, 3.63) is 83.4 Å². The van der Waals surface area contributed by atoms with Gasteiger partial charge in [0, 0.05) is 11.4 Å². The van der Waals surface area contributed by atoms with Crippen LogP contribution in [-0.4, -0.2) is 28.0 Å². The number of thiophene rings is 1. The number of aromatic nitrogens is 2. The predicted octanol–water partition coefficient (Wildman–Crippen LogP) is 6.68. The van der Waals surface area contributed by atoms with Crippen molar-refractivity contribution in [1.82, 2.24) is 15.1 Å². The van der Waals surface area contributed by atoms with Crippen LogP contribution in [0.1, 0.15) is 50.3 Å². The monoisotopic (exact) mass is 479 g/mol. The third-order valence-electron chi connectivity index (χ3n) is 4.72. The van der Waals surface area contributed by atoms with Crippen molar-refractivity contribution in [2.75, 3.05) is 6.54 Å². The van der Waals surface area contributed by atoms with Crippen molar-refractivity contribution >= 4 is 33.3 Å². The summed E-state index contributed by atoms with van der Waals surface area (Å²) in [5.41, 5.74) is 2.77. The van der Waals surface area contributed by atoms with Crippen molar-refractivity contribution in [2.24, 2.45) is 0 Å². The minimum absolute atomic E-state index is 0.444. The molecule has 0 amide bonds. The molecule has 2 heterocycles. The van der Waals surface area contributed by atoms with Crippen molar-refractivity contribution in [2.45, 2.75) is 52.9 Å². The van der Waals surface area contributed by atoms with Crippen LogP contribution >= 0.6 is 11.3 Å². The fourth-order valence-corrected chi connectivity index (χ4v) is 4.31. The molecule has 0 bridgehead atoms. The second kappa shape index (κ2) is 11.8.